The van der Waals surface area contributed by atoms with Crippen LogP contribution in [0.15, 0.2) is 54.7 Å². The van der Waals surface area contributed by atoms with E-state index >= 15 is 0 Å². The maximum Gasteiger partial charge on any atom is 0.256 e. The molecule has 4 rings (SSSR count). The van der Waals surface area contributed by atoms with Crippen LogP contribution in [0.4, 0.5) is 5.69 Å². The molecular formula is C22H25N3O2. The zero-order valence-electron chi connectivity index (χ0n) is 15.9. The fraction of sp³-hybridized carbons (Fsp3) is 0.318. The van der Waals surface area contributed by atoms with Gasteiger partial charge < -0.3 is 19.1 Å². The smallest absolute Gasteiger partial charge is 0.256 e. The predicted molar refractivity (Wildman–Crippen MR) is 108 cm³/mol. The van der Waals surface area contributed by atoms with Gasteiger partial charge in [-0.3, -0.25) is 4.79 Å². The number of nitrogens with zero attached hydrogens (tertiary/aromatic N) is 3. The summed E-state index contributed by atoms with van der Waals surface area (Å²) in [5.41, 5.74) is 4.16. The maximum absolute atomic E-state index is 13.0. The predicted octanol–water partition coefficient (Wildman–Crippen LogP) is 3.29. The number of hydrogen-bond donors (Lipinski definition) is 0. The minimum absolute atomic E-state index is 0.0454. The average molecular weight is 363 g/mol. The van der Waals surface area contributed by atoms with Crippen LogP contribution < -0.4 is 4.90 Å². The summed E-state index contributed by atoms with van der Waals surface area (Å²) in [6.07, 6.45) is 1.92. The SMILES string of the molecule is CN(Cc1ccc(N2CCOCC2)cc1)C(=O)c1cn(C)c2ccccc12. The van der Waals surface area contributed by atoms with E-state index in [1.54, 1.807) is 4.90 Å². The molecule has 0 saturated carbocycles. The van der Waals surface area contributed by atoms with Gasteiger partial charge >= 0.3 is 0 Å². The van der Waals surface area contributed by atoms with Crippen LogP contribution in [0.5, 0.6) is 0 Å². The van der Waals surface area contributed by atoms with E-state index in [1.165, 1.54) is 5.69 Å². The average Bonchev–Trinajstić information content (AvgIpc) is 3.05. The van der Waals surface area contributed by atoms with E-state index in [9.17, 15) is 4.79 Å². The Labute approximate surface area is 159 Å². The van der Waals surface area contributed by atoms with Crippen molar-refractivity contribution in [3.05, 3.63) is 65.9 Å². The zero-order chi connectivity index (χ0) is 18.8. The molecule has 2 aromatic carbocycles. The second-order valence-electron chi connectivity index (χ2n) is 7.10. The van der Waals surface area contributed by atoms with E-state index in [1.807, 2.05) is 49.1 Å². The lowest BCUT2D eigenvalue weighted by Crippen LogP contribution is -2.36. The van der Waals surface area contributed by atoms with Crippen molar-refractivity contribution >= 4 is 22.5 Å². The van der Waals surface area contributed by atoms with Crippen molar-refractivity contribution in [3.8, 4) is 0 Å². The standard InChI is InChI=1S/C22H25N3O2/c1-23-16-20(19-5-3-4-6-21(19)23)22(26)24(2)15-17-7-9-18(10-8-17)25-11-13-27-14-12-25/h3-10,16H,11-15H2,1-2H3. The molecule has 5 nitrogen and oxygen atoms in total. The van der Waals surface area contributed by atoms with Crippen molar-refractivity contribution in [2.24, 2.45) is 7.05 Å². The lowest BCUT2D eigenvalue weighted by Gasteiger charge is -2.29. The van der Waals surface area contributed by atoms with E-state index in [4.69, 9.17) is 4.74 Å². The van der Waals surface area contributed by atoms with Crippen molar-refractivity contribution in [3.63, 3.8) is 0 Å². The molecule has 0 spiro atoms. The highest BCUT2D eigenvalue weighted by Gasteiger charge is 2.18. The second-order valence-corrected chi connectivity index (χ2v) is 7.10. The Balaban J connectivity index is 1.48. The number of carbonyl (C=O) groups is 1. The van der Waals surface area contributed by atoms with Gasteiger partial charge in [0, 0.05) is 56.5 Å². The van der Waals surface area contributed by atoms with E-state index in [-0.39, 0.29) is 5.91 Å². The molecule has 1 amide bonds. The number of para-hydroxylation sites is 1. The van der Waals surface area contributed by atoms with Gasteiger partial charge in [-0.25, -0.2) is 0 Å². The molecule has 1 fully saturated rings. The first-order chi connectivity index (χ1) is 13.1. The lowest BCUT2D eigenvalue weighted by atomic mass is 10.1. The highest BCUT2D eigenvalue weighted by atomic mass is 16.5. The number of aryl methyl sites for hydroxylation is 1. The quantitative estimate of drug-likeness (QED) is 0.714. The number of carbonyl (C=O) groups excluding carboxylic acids is 1. The van der Waals surface area contributed by atoms with Crippen LogP contribution in [0.2, 0.25) is 0 Å². The lowest BCUT2D eigenvalue weighted by molar-refractivity contribution is 0.0787. The van der Waals surface area contributed by atoms with Crippen LogP contribution in [0.3, 0.4) is 0 Å². The Hall–Kier alpha value is -2.79. The largest absolute Gasteiger partial charge is 0.378 e. The number of morpholine rings is 1. The minimum atomic E-state index is 0.0454. The molecule has 3 aromatic rings. The molecule has 0 radical (unpaired) electrons. The summed E-state index contributed by atoms with van der Waals surface area (Å²) in [5.74, 6) is 0.0454. The molecular weight excluding hydrogens is 338 g/mol. The number of rotatable bonds is 4. The fourth-order valence-electron chi connectivity index (χ4n) is 3.70. The summed E-state index contributed by atoms with van der Waals surface area (Å²) in [6, 6.07) is 16.5. The van der Waals surface area contributed by atoms with Gasteiger partial charge in [0.05, 0.1) is 18.8 Å². The van der Waals surface area contributed by atoms with Gasteiger partial charge in [0.15, 0.2) is 0 Å². The molecule has 140 valence electrons. The van der Waals surface area contributed by atoms with Crippen molar-refractivity contribution in [2.45, 2.75) is 6.54 Å². The van der Waals surface area contributed by atoms with E-state index in [0.717, 1.165) is 48.3 Å². The van der Waals surface area contributed by atoms with Gasteiger partial charge in [-0.05, 0) is 23.8 Å². The summed E-state index contributed by atoms with van der Waals surface area (Å²) in [4.78, 5) is 17.1. The van der Waals surface area contributed by atoms with Gasteiger partial charge in [0.1, 0.15) is 0 Å². The second kappa shape index (κ2) is 7.45. The Morgan fingerprint density at radius 3 is 2.52 bits per heavy atom. The van der Waals surface area contributed by atoms with Crippen LogP contribution in [0.25, 0.3) is 10.9 Å². The van der Waals surface area contributed by atoms with Gasteiger partial charge in [0.25, 0.3) is 5.91 Å². The summed E-state index contributed by atoms with van der Waals surface area (Å²) in [6.45, 7) is 4.01. The molecule has 0 atom stereocenters. The van der Waals surface area contributed by atoms with E-state index in [2.05, 4.69) is 29.2 Å². The monoisotopic (exact) mass is 363 g/mol. The van der Waals surface area contributed by atoms with Crippen molar-refractivity contribution in [2.75, 3.05) is 38.3 Å². The summed E-state index contributed by atoms with van der Waals surface area (Å²) >= 11 is 0. The van der Waals surface area contributed by atoms with Gasteiger partial charge in [0.2, 0.25) is 0 Å². The van der Waals surface area contributed by atoms with Gasteiger partial charge in [-0.15, -0.1) is 0 Å². The first-order valence-electron chi connectivity index (χ1n) is 9.34. The molecule has 1 aliphatic rings. The van der Waals surface area contributed by atoms with Crippen LogP contribution in [0, 0.1) is 0 Å². The van der Waals surface area contributed by atoms with Crippen LogP contribution >= 0.6 is 0 Å². The number of benzene rings is 2. The van der Waals surface area contributed by atoms with Crippen molar-refractivity contribution in [1.82, 2.24) is 9.47 Å². The molecule has 27 heavy (non-hydrogen) atoms. The Morgan fingerprint density at radius 1 is 1.07 bits per heavy atom. The van der Waals surface area contributed by atoms with Crippen molar-refractivity contribution in [1.29, 1.82) is 0 Å². The number of aromatic nitrogens is 1. The highest BCUT2D eigenvalue weighted by molar-refractivity contribution is 6.06. The third kappa shape index (κ3) is 3.55. The first-order valence-corrected chi connectivity index (χ1v) is 9.34. The first kappa shape index (κ1) is 17.6. The van der Waals surface area contributed by atoms with Crippen LogP contribution in [-0.2, 0) is 18.3 Å². The number of amides is 1. The third-order valence-corrected chi connectivity index (χ3v) is 5.21. The number of hydrogen-bond acceptors (Lipinski definition) is 3. The fourth-order valence-corrected chi connectivity index (χ4v) is 3.70. The molecule has 0 aliphatic carbocycles. The van der Waals surface area contributed by atoms with Gasteiger partial charge in [-0.2, -0.15) is 0 Å². The van der Waals surface area contributed by atoms with Crippen LogP contribution in [0.1, 0.15) is 15.9 Å². The minimum Gasteiger partial charge on any atom is -0.378 e. The third-order valence-electron chi connectivity index (χ3n) is 5.21. The molecule has 1 aromatic heterocycles. The molecule has 1 aliphatic heterocycles. The number of anilines is 1. The summed E-state index contributed by atoms with van der Waals surface area (Å²) in [7, 11) is 3.84. The van der Waals surface area contributed by atoms with Gasteiger partial charge in [-0.1, -0.05) is 30.3 Å². The molecule has 1 saturated heterocycles. The normalized spacial score (nSPS) is 14.5. The van der Waals surface area contributed by atoms with E-state index < -0.39 is 0 Å². The van der Waals surface area contributed by atoms with E-state index in [0.29, 0.717) is 6.54 Å². The number of ether oxygens (including phenoxy) is 1. The Kier molecular flexibility index (Phi) is 4.86. The summed E-state index contributed by atoms with van der Waals surface area (Å²) < 4.78 is 7.42. The Bertz CT molecular complexity index is 940. The molecule has 5 heteroatoms. The van der Waals surface area contributed by atoms with Crippen molar-refractivity contribution < 1.29 is 9.53 Å². The molecule has 0 bridgehead atoms. The molecule has 2 heterocycles. The number of fused-ring (bicyclic) bond motifs is 1. The maximum atomic E-state index is 13.0. The molecule has 0 N–H and O–H groups in total. The van der Waals surface area contributed by atoms with Crippen LogP contribution in [-0.4, -0.2) is 48.7 Å². The summed E-state index contributed by atoms with van der Waals surface area (Å²) in [5, 5.41) is 1.000. The topological polar surface area (TPSA) is 37.7 Å². The zero-order valence-corrected chi connectivity index (χ0v) is 15.9. The molecule has 0 unspecified atom stereocenters. The Morgan fingerprint density at radius 2 is 1.78 bits per heavy atom. The highest BCUT2D eigenvalue weighted by Crippen LogP contribution is 2.22.